The van der Waals surface area contributed by atoms with Gasteiger partial charge in [0, 0.05) is 55.3 Å². The van der Waals surface area contributed by atoms with E-state index >= 15 is 0 Å². The molecule has 4 amide bonds. The molecule has 174 valence electrons. The van der Waals surface area contributed by atoms with Gasteiger partial charge in [0.05, 0.1) is 13.2 Å². The van der Waals surface area contributed by atoms with E-state index < -0.39 is 6.04 Å². The minimum Gasteiger partial charge on any atom is -0.380 e. The largest absolute Gasteiger partial charge is 0.380 e. The van der Waals surface area contributed by atoms with Crippen LogP contribution in [0, 0.1) is 5.41 Å². The number of amides is 4. The van der Waals surface area contributed by atoms with Crippen molar-refractivity contribution in [2.75, 3.05) is 51.3 Å². The Hall–Kier alpha value is -2.32. The van der Waals surface area contributed by atoms with Crippen LogP contribution in [-0.4, -0.2) is 84.5 Å². The highest BCUT2D eigenvalue weighted by molar-refractivity contribution is 6.30. The summed E-state index contributed by atoms with van der Waals surface area (Å²) in [6.07, 6.45) is 3.12. The van der Waals surface area contributed by atoms with E-state index in [1.165, 1.54) is 0 Å². The second-order valence-corrected chi connectivity index (χ2v) is 9.55. The summed E-state index contributed by atoms with van der Waals surface area (Å²) in [5.41, 5.74) is 0.912. The van der Waals surface area contributed by atoms with Crippen LogP contribution >= 0.6 is 11.6 Å². The maximum atomic E-state index is 12.8. The molecule has 3 saturated heterocycles. The standard InChI is InChI=1S/C23H31ClN4O4/c1-17-21(30)27(12-13-28(17)22(31)25-19-5-2-4-18(24)14-19)9-3-6-20(29)26-10-7-23(8-11-26)15-32-16-23/h2,4-5,14,17H,3,6-13,15-16H2,1H3,(H,25,31). The van der Waals surface area contributed by atoms with E-state index in [1.54, 1.807) is 41.0 Å². The fourth-order valence-electron chi connectivity index (χ4n) is 4.68. The number of carbonyl (C=O) groups is 3. The maximum absolute atomic E-state index is 12.8. The third kappa shape index (κ3) is 5.02. The van der Waals surface area contributed by atoms with Crippen LogP contribution in [0.5, 0.6) is 0 Å². The summed E-state index contributed by atoms with van der Waals surface area (Å²) >= 11 is 5.97. The van der Waals surface area contributed by atoms with Crippen molar-refractivity contribution in [3.05, 3.63) is 29.3 Å². The van der Waals surface area contributed by atoms with E-state index in [0.29, 0.717) is 48.6 Å². The molecule has 0 aliphatic carbocycles. The average Bonchev–Trinajstić information content (AvgIpc) is 2.75. The SMILES string of the molecule is CC1C(=O)N(CCCC(=O)N2CCC3(CC2)COC3)CCN1C(=O)Nc1cccc(Cl)c1. The van der Waals surface area contributed by atoms with Crippen molar-refractivity contribution >= 4 is 35.1 Å². The highest BCUT2D eigenvalue weighted by Gasteiger charge is 2.42. The molecule has 3 fully saturated rings. The molecule has 3 aliphatic heterocycles. The number of likely N-dealkylation sites (tertiary alicyclic amines) is 1. The van der Waals surface area contributed by atoms with Crippen LogP contribution in [0.15, 0.2) is 24.3 Å². The van der Waals surface area contributed by atoms with Crippen molar-refractivity contribution in [1.82, 2.24) is 14.7 Å². The van der Waals surface area contributed by atoms with Crippen molar-refractivity contribution in [3.63, 3.8) is 0 Å². The summed E-state index contributed by atoms with van der Waals surface area (Å²) in [5.74, 6) is 0.0787. The molecule has 1 unspecified atom stereocenters. The Morgan fingerprint density at radius 1 is 1.19 bits per heavy atom. The summed E-state index contributed by atoms with van der Waals surface area (Å²) in [4.78, 5) is 43.3. The second kappa shape index (κ2) is 9.67. The maximum Gasteiger partial charge on any atom is 0.322 e. The molecule has 0 saturated carbocycles. The lowest BCUT2D eigenvalue weighted by molar-refractivity contribution is -0.153. The zero-order valence-corrected chi connectivity index (χ0v) is 19.3. The van der Waals surface area contributed by atoms with Gasteiger partial charge in [0.15, 0.2) is 0 Å². The Morgan fingerprint density at radius 2 is 1.94 bits per heavy atom. The van der Waals surface area contributed by atoms with Gasteiger partial charge in [-0.3, -0.25) is 9.59 Å². The minimum atomic E-state index is -0.554. The fraction of sp³-hybridized carbons (Fsp3) is 0.609. The summed E-state index contributed by atoms with van der Waals surface area (Å²) in [6, 6.07) is 6.05. The first-order valence-electron chi connectivity index (χ1n) is 11.3. The number of rotatable bonds is 5. The van der Waals surface area contributed by atoms with Crippen LogP contribution in [0.25, 0.3) is 0 Å². The molecule has 1 atom stereocenters. The third-order valence-electron chi connectivity index (χ3n) is 6.90. The Kier molecular flexibility index (Phi) is 6.90. The molecule has 0 bridgehead atoms. The normalized spacial score (nSPS) is 22.6. The first kappa shape index (κ1) is 22.9. The molecule has 4 rings (SSSR count). The second-order valence-electron chi connectivity index (χ2n) is 9.11. The number of benzene rings is 1. The number of piperidine rings is 1. The average molecular weight is 463 g/mol. The molecule has 1 aromatic rings. The molecular weight excluding hydrogens is 432 g/mol. The zero-order chi connectivity index (χ0) is 22.7. The molecule has 9 heteroatoms. The van der Waals surface area contributed by atoms with Crippen LogP contribution in [0.4, 0.5) is 10.5 Å². The van der Waals surface area contributed by atoms with E-state index in [1.807, 2.05) is 4.90 Å². The van der Waals surface area contributed by atoms with Crippen molar-refractivity contribution in [2.45, 2.75) is 38.6 Å². The van der Waals surface area contributed by atoms with Gasteiger partial charge < -0.3 is 24.8 Å². The molecule has 1 aromatic carbocycles. The quantitative estimate of drug-likeness (QED) is 0.729. The number of hydrogen-bond donors (Lipinski definition) is 1. The Morgan fingerprint density at radius 3 is 2.59 bits per heavy atom. The number of carbonyl (C=O) groups excluding carboxylic acids is 3. The van der Waals surface area contributed by atoms with E-state index in [9.17, 15) is 14.4 Å². The van der Waals surface area contributed by atoms with Gasteiger partial charge in [-0.2, -0.15) is 0 Å². The van der Waals surface area contributed by atoms with Gasteiger partial charge >= 0.3 is 6.03 Å². The summed E-state index contributed by atoms with van der Waals surface area (Å²) in [5, 5.41) is 3.34. The predicted molar refractivity (Wildman–Crippen MR) is 122 cm³/mol. The number of anilines is 1. The molecule has 3 aliphatic rings. The van der Waals surface area contributed by atoms with Gasteiger partial charge in [0.1, 0.15) is 6.04 Å². The summed E-state index contributed by atoms with van der Waals surface area (Å²) in [6.45, 7) is 6.46. The molecule has 1 spiro atoms. The topological polar surface area (TPSA) is 82.2 Å². The number of piperazine rings is 1. The molecule has 0 aromatic heterocycles. The number of urea groups is 1. The lowest BCUT2D eigenvalue weighted by Crippen LogP contribution is -2.58. The predicted octanol–water partition coefficient (Wildman–Crippen LogP) is 2.82. The molecule has 1 N–H and O–H groups in total. The van der Waals surface area contributed by atoms with Crippen LogP contribution in [-0.2, 0) is 14.3 Å². The number of nitrogens with zero attached hydrogens (tertiary/aromatic N) is 3. The van der Waals surface area contributed by atoms with Crippen molar-refractivity contribution in [3.8, 4) is 0 Å². The number of hydrogen-bond acceptors (Lipinski definition) is 4. The van der Waals surface area contributed by atoms with E-state index in [2.05, 4.69) is 5.32 Å². The van der Waals surface area contributed by atoms with Crippen molar-refractivity contribution in [1.29, 1.82) is 0 Å². The Balaban J connectivity index is 1.20. The van der Waals surface area contributed by atoms with Gasteiger partial charge in [-0.05, 0) is 44.4 Å². The summed E-state index contributed by atoms with van der Waals surface area (Å²) < 4.78 is 5.34. The number of ether oxygens (including phenoxy) is 1. The molecule has 3 heterocycles. The van der Waals surface area contributed by atoms with Crippen LogP contribution < -0.4 is 5.32 Å². The molecule has 0 radical (unpaired) electrons. The highest BCUT2D eigenvalue weighted by atomic mass is 35.5. The zero-order valence-electron chi connectivity index (χ0n) is 18.5. The summed E-state index contributed by atoms with van der Waals surface area (Å²) in [7, 11) is 0. The minimum absolute atomic E-state index is 0.0881. The Bertz CT molecular complexity index is 865. The van der Waals surface area contributed by atoms with Crippen LogP contribution in [0.3, 0.4) is 0 Å². The fourth-order valence-corrected chi connectivity index (χ4v) is 4.87. The van der Waals surface area contributed by atoms with Gasteiger partial charge in [-0.25, -0.2) is 4.79 Å². The smallest absolute Gasteiger partial charge is 0.322 e. The monoisotopic (exact) mass is 462 g/mol. The third-order valence-corrected chi connectivity index (χ3v) is 7.13. The first-order valence-corrected chi connectivity index (χ1v) is 11.7. The lowest BCUT2D eigenvalue weighted by Gasteiger charge is -2.47. The van der Waals surface area contributed by atoms with Gasteiger partial charge in [-0.15, -0.1) is 0 Å². The lowest BCUT2D eigenvalue weighted by atomic mass is 9.77. The Labute approximate surface area is 193 Å². The van der Waals surface area contributed by atoms with Crippen molar-refractivity contribution < 1.29 is 19.1 Å². The number of nitrogens with one attached hydrogen (secondary N) is 1. The van der Waals surface area contributed by atoms with Gasteiger partial charge in [0.25, 0.3) is 0 Å². The van der Waals surface area contributed by atoms with E-state index in [-0.39, 0.29) is 17.8 Å². The van der Waals surface area contributed by atoms with Gasteiger partial charge in [0.2, 0.25) is 11.8 Å². The number of halogens is 1. The molecule has 8 nitrogen and oxygen atoms in total. The van der Waals surface area contributed by atoms with Crippen molar-refractivity contribution in [2.24, 2.45) is 5.41 Å². The van der Waals surface area contributed by atoms with Gasteiger partial charge in [-0.1, -0.05) is 17.7 Å². The van der Waals surface area contributed by atoms with E-state index in [0.717, 1.165) is 39.1 Å². The highest BCUT2D eigenvalue weighted by Crippen LogP contribution is 2.38. The molecule has 32 heavy (non-hydrogen) atoms. The molecular formula is C23H31ClN4O4. The first-order chi connectivity index (χ1) is 15.4. The van der Waals surface area contributed by atoms with Crippen LogP contribution in [0.2, 0.25) is 5.02 Å². The van der Waals surface area contributed by atoms with Crippen LogP contribution in [0.1, 0.15) is 32.6 Å². The van der Waals surface area contributed by atoms with E-state index in [4.69, 9.17) is 16.3 Å².